The standard InChI is InChI=1S/C10H8BrClF2O2/c1-16-10(15)7(12)2-5-3-9(14)6(11)4-8(5)13/h3-4,7H,2H2,1H3. The molecule has 0 radical (unpaired) electrons. The van der Waals surface area contributed by atoms with Gasteiger partial charge in [0, 0.05) is 6.42 Å². The highest BCUT2D eigenvalue weighted by Crippen LogP contribution is 2.22. The van der Waals surface area contributed by atoms with Gasteiger partial charge in [-0.1, -0.05) is 0 Å². The maximum absolute atomic E-state index is 13.4. The van der Waals surface area contributed by atoms with Gasteiger partial charge < -0.3 is 4.74 Å². The predicted molar refractivity (Wildman–Crippen MR) is 59.4 cm³/mol. The number of alkyl halides is 1. The van der Waals surface area contributed by atoms with E-state index in [1.165, 1.54) is 7.11 Å². The maximum Gasteiger partial charge on any atom is 0.324 e. The third kappa shape index (κ3) is 3.15. The van der Waals surface area contributed by atoms with Crippen LogP contribution in [0.2, 0.25) is 0 Å². The Morgan fingerprint density at radius 3 is 2.69 bits per heavy atom. The molecule has 0 aliphatic rings. The van der Waals surface area contributed by atoms with Crippen LogP contribution in [-0.2, 0) is 16.0 Å². The molecule has 2 nitrogen and oxygen atoms in total. The predicted octanol–water partition coefficient (Wildman–Crippen LogP) is 3.05. The molecule has 1 atom stereocenters. The fourth-order valence-electron chi connectivity index (χ4n) is 1.12. The van der Waals surface area contributed by atoms with Crippen molar-refractivity contribution in [3.8, 4) is 0 Å². The smallest absolute Gasteiger partial charge is 0.324 e. The third-order valence-electron chi connectivity index (χ3n) is 1.95. The summed E-state index contributed by atoms with van der Waals surface area (Å²) in [6.45, 7) is 0. The number of esters is 1. The van der Waals surface area contributed by atoms with Gasteiger partial charge in [0.15, 0.2) is 0 Å². The number of hydrogen-bond acceptors (Lipinski definition) is 2. The molecule has 0 bridgehead atoms. The first-order chi connectivity index (χ1) is 7.45. The highest BCUT2D eigenvalue weighted by Gasteiger charge is 2.19. The number of carbonyl (C=O) groups is 1. The van der Waals surface area contributed by atoms with E-state index in [0.717, 1.165) is 12.1 Å². The SMILES string of the molecule is COC(=O)C(Cl)Cc1cc(F)c(Br)cc1F. The van der Waals surface area contributed by atoms with Crippen molar-refractivity contribution in [2.75, 3.05) is 7.11 Å². The molecule has 1 rings (SSSR count). The van der Waals surface area contributed by atoms with Crippen molar-refractivity contribution in [1.82, 2.24) is 0 Å². The van der Waals surface area contributed by atoms with Gasteiger partial charge in [0.05, 0.1) is 11.6 Å². The van der Waals surface area contributed by atoms with E-state index >= 15 is 0 Å². The molecule has 0 aromatic heterocycles. The van der Waals surface area contributed by atoms with Gasteiger partial charge in [-0.3, -0.25) is 4.79 Å². The van der Waals surface area contributed by atoms with Crippen LogP contribution in [0, 0.1) is 11.6 Å². The summed E-state index contributed by atoms with van der Waals surface area (Å²) < 4.78 is 30.9. The molecule has 1 aromatic carbocycles. The molecule has 16 heavy (non-hydrogen) atoms. The number of rotatable bonds is 3. The molecule has 1 unspecified atom stereocenters. The molecule has 0 saturated carbocycles. The van der Waals surface area contributed by atoms with Crippen LogP contribution in [0.5, 0.6) is 0 Å². The van der Waals surface area contributed by atoms with Crippen molar-refractivity contribution in [2.45, 2.75) is 11.8 Å². The Morgan fingerprint density at radius 2 is 2.12 bits per heavy atom. The number of ether oxygens (including phenoxy) is 1. The Morgan fingerprint density at radius 1 is 1.50 bits per heavy atom. The van der Waals surface area contributed by atoms with Crippen LogP contribution < -0.4 is 0 Å². The second-order valence-corrected chi connectivity index (χ2v) is 4.43. The van der Waals surface area contributed by atoms with Crippen molar-refractivity contribution in [3.05, 3.63) is 33.8 Å². The lowest BCUT2D eigenvalue weighted by Crippen LogP contribution is -2.19. The van der Waals surface area contributed by atoms with E-state index in [1.54, 1.807) is 0 Å². The third-order valence-corrected chi connectivity index (χ3v) is 2.89. The van der Waals surface area contributed by atoms with E-state index in [2.05, 4.69) is 20.7 Å². The summed E-state index contributed by atoms with van der Waals surface area (Å²) in [6.07, 6.45) is -0.121. The highest BCUT2D eigenvalue weighted by atomic mass is 79.9. The lowest BCUT2D eigenvalue weighted by atomic mass is 10.1. The van der Waals surface area contributed by atoms with Gasteiger partial charge in [0.1, 0.15) is 17.0 Å². The summed E-state index contributed by atoms with van der Waals surface area (Å²) in [5.74, 6) is -1.91. The van der Waals surface area contributed by atoms with E-state index in [4.69, 9.17) is 11.6 Å². The molecular formula is C10H8BrClF2O2. The van der Waals surface area contributed by atoms with Gasteiger partial charge in [-0.2, -0.15) is 0 Å². The monoisotopic (exact) mass is 312 g/mol. The number of benzene rings is 1. The van der Waals surface area contributed by atoms with E-state index in [1.807, 2.05) is 0 Å². The van der Waals surface area contributed by atoms with Gasteiger partial charge in [-0.25, -0.2) is 8.78 Å². The average Bonchev–Trinajstić information content (AvgIpc) is 2.24. The lowest BCUT2D eigenvalue weighted by molar-refractivity contribution is -0.140. The molecule has 0 N–H and O–H groups in total. The largest absolute Gasteiger partial charge is 0.468 e. The minimum atomic E-state index is -1.03. The first-order valence-corrected chi connectivity index (χ1v) is 5.54. The van der Waals surface area contributed by atoms with Crippen LogP contribution in [0.4, 0.5) is 8.78 Å². The first kappa shape index (κ1) is 13.4. The van der Waals surface area contributed by atoms with Crippen LogP contribution >= 0.6 is 27.5 Å². The summed E-state index contributed by atoms with van der Waals surface area (Å²) in [5, 5.41) is -1.03. The van der Waals surface area contributed by atoms with Crippen LogP contribution in [-0.4, -0.2) is 18.5 Å². The van der Waals surface area contributed by atoms with E-state index in [0.29, 0.717) is 0 Å². The summed E-state index contributed by atoms with van der Waals surface area (Å²) in [7, 11) is 1.18. The van der Waals surface area contributed by atoms with Crippen molar-refractivity contribution in [3.63, 3.8) is 0 Å². The van der Waals surface area contributed by atoms with E-state index < -0.39 is 23.0 Å². The molecule has 0 heterocycles. The maximum atomic E-state index is 13.4. The minimum absolute atomic E-state index is 0.0259. The Balaban J connectivity index is 2.89. The fraction of sp³-hybridized carbons (Fsp3) is 0.300. The molecule has 0 aliphatic carbocycles. The molecule has 0 amide bonds. The second kappa shape index (κ2) is 5.59. The summed E-state index contributed by atoms with van der Waals surface area (Å²) in [6, 6.07) is 1.99. The molecule has 6 heteroatoms. The zero-order chi connectivity index (χ0) is 12.3. The lowest BCUT2D eigenvalue weighted by Gasteiger charge is -2.08. The summed E-state index contributed by atoms with van der Waals surface area (Å²) in [4.78, 5) is 11.0. The Kier molecular flexibility index (Phi) is 4.68. The van der Waals surface area contributed by atoms with Gasteiger partial charge in [-0.05, 0) is 33.6 Å². The van der Waals surface area contributed by atoms with Gasteiger partial charge in [0.25, 0.3) is 0 Å². The number of carbonyl (C=O) groups excluding carboxylic acids is 1. The normalized spacial score (nSPS) is 12.3. The van der Waals surface area contributed by atoms with Crippen LogP contribution in [0.15, 0.2) is 16.6 Å². The molecule has 0 fully saturated rings. The van der Waals surface area contributed by atoms with Crippen molar-refractivity contribution >= 4 is 33.5 Å². The Bertz CT molecular complexity index is 412. The fourth-order valence-corrected chi connectivity index (χ4v) is 1.70. The van der Waals surface area contributed by atoms with Gasteiger partial charge in [0.2, 0.25) is 0 Å². The van der Waals surface area contributed by atoms with Crippen molar-refractivity contribution in [2.24, 2.45) is 0 Å². The second-order valence-electron chi connectivity index (χ2n) is 3.05. The molecular weight excluding hydrogens is 305 g/mol. The van der Waals surface area contributed by atoms with Gasteiger partial charge >= 0.3 is 5.97 Å². The molecule has 0 aliphatic heterocycles. The molecule has 88 valence electrons. The Labute approximate surface area is 105 Å². The molecule has 0 spiro atoms. The first-order valence-electron chi connectivity index (χ1n) is 4.31. The number of hydrogen-bond donors (Lipinski definition) is 0. The van der Waals surface area contributed by atoms with Crippen LogP contribution in [0.25, 0.3) is 0 Å². The van der Waals surface area contributed by atoms with Crippen molar-refractivity contribution in [1.29, 1.82) is 0 Å². The molecule has 1 aromatic rings. The zero-order valence-corrected chi connectivity index (χ0v) is 10.6. The van der Waals surface area contributed by atoms with Crippen LogP contribution in [0.3, 0.4) is 0 Å². The van der Waals surface area contributed by atoms with E-state index in [-0.39, 0.29) is 16.5 Å². The van der Waals surface area contributed by atoms with Crippen LogP contribution in [0.1, 0.15) is 5.56 Å². The number of methoxy groups -OCH3 is 1. The average molecular weight is 314 g/mol. The highest BCUT2D eigenvalue weighted by molar-refractivity contribution is 9.10. The number of halogens is 4. The summed E-state index contributed by atoms with van der Waals surface area (Å²) in [5.41, 5.74) is 0.0334. The quantitative estimate of drug-likeness (QED) is 0.487. The van der Waals surface area contributed by atoms with Crippen molar-refractivity contribution < 1.29 is 18.3 Å². The molecule has 0 saturated heterocycles. The summed E-state index contributed by atoms with van der Waals surface area (Å²) >= 11 is 8.50. The Hall–Kier alpha value is -0.680. The van der Waals surface area contributed by atoms with E-state index in [9.17, 15) is 13.6 Å². The topological polar surface area (TPSA) is 26.3 Å². The van der Waals surface area contributed by atoms with Gasteiger partial charge in [-0.15, -0.1) is 11.6 Å². The zero-order valence-electron chi connectivity index (χ0n) is 8.27. The minimum Gasteiger partial charge on any atom is -0.468 e.